The molecule has 3 heterocycles. The topological polar surface area (TPSA) is 69.8 Å². The van der Waals surface area contributed by atoms with Gasteiger partial charge in [-0.15, -0.1) is 35.3 Å². The third kappa shape index (κ3) is 7.00. The summed E-state index contributed by atoms with van der Waals surface area (Å²) in [7, 11) is 0. The molecule has 1 saturated heterocycles. The number of nitrogens with zero attached hydrogens (tertiary/aromatic N) is 5. The number of thiazole rings is 1. The van der Waals surface area contributed by atoms with Crippen LogP contribution in [0.1, 0.15) is 36.3 Å². The highest BCUT2D eigenvalue weighted by Crippen LogP contribution is 2.17. The van der Waals surface area contributed by atoms with Gasteiger partial charge in [-0.1, -0.05) is 19.0 Å². The molecule has 0 bridgehead atoms. The molecule has 28 heavy (non-hydrogen) atoms. The summed E-state index contributed by atoms with van der Waals surface area (Å²) in [6.07, 6.45) is 4.65. The molecule has 3 rings (SSSR count). The van der Waals surface area contributed by atoms with Gasteiger partial charge in [-0.05, 0) is 12.8 Å². The molecule has 0 atom stereocenters. The van der Waals surface area contributed by atoms with Gasteiger partial charge in [0.2, 0.25) is 0 Å². The summed E-state index contributed by atoms with van der Waals surface area (Å²) in [6.45, 7) is 12.9. The molecule has 1 N–H and O–H groups in total. The fraction of sp³-hybridized carbons (Fsp3) is 0.632. The van der Waals surface area contributed by atoms with Crippen molar-refractivity contribution in [1.82, 2.24) is 25.3 Å². The number of piperazine rings is 1. The van der Waals surface area contributed by atoms with Crippen LogP contribution in [-0.2, 0) is 19.5 Å². The Balaban J connectivity index is 0.00000280. The van der Waals surface area contributed by atoms with Gasteiger partial charge in [0.15, 0.2) is 5.96 Å². The van der Waals surface area contributed by atoms with Crippen molar-refractivity contribution in [2.24, 2.45) is 10.9 Å². The third-order valence-electron chi connectivity index (χ3n) is 4.45. The SMILES string of the molecule is CCNC(=NCc1cnc(CC(C)C)s1)N1CCN(Cc2ccon2)CC1.I. The van der Waals surface area contributed by atoms with Crippen LogP contribution in [0.4, 0.5) is 0 Å². The van der Waals surface area contributed by atoms with Crippen molar-refractivity contribution in [3.8, 4) is 0 Å². The lowest BCUT2D eigenvalue weighted by Crippen LogP contribution is -2.52. The van der Waals surface area contributed by atoms with Crippen molar-refractivity contribution in [2.75, 3.05) is 32.7 Å². The number of hydrogen-bond acceptors (Lipinski definition) is 6. The van der Waals surface area contributed by atoms with Crippen LogP contribution in [0, 0.1) is 5.92 Å². The zero-order chi connectivity index (χ0) is 19.1. The molecule has 0 amide bonds. The largest absolute Gasteiger partial charge is 0.364 e. The van der Waals surface area contributed by atoms with E-state index in [0.717, 1.165) is 57.3 Å². The highest BCUT2D eigenvalue weighted by molar-refractivity contribution is 14.0. The Morgan fingerprint density at radius 3 is 2.75 bits per heavy atom. The van der Waals surface area contributed by atoms with Gasteiger partial charge in [-0.3, -0.25) is 4.90 Å². The van der Waals surface area contributed by atoms with Crippen molar-refractivity contribution < 1.29 is 4.52 Å². The predicted octanol–water partition coefficient (Wildman–Crippen LogP) is 3.23. The second-order valence-electron chi connectivity index (χ2n) is 7.24. The minimum Gasteiger partial charge on any atom is -0.364 e. The van der Waals surface area contributed by atoms with Crippen LogP contribution in [-0.4, -0.2) is 58.6 Å². The Morgan fingerprint density at radius 2 is 2.11 bits per heavy atom. The molecule has 1 fully saturated rings. The molecule has 1 aliphatic heterocycles. The summed E-state index contributed by atoms with van der Waals surface area (Å²) in [6, 6.07) is 1.93. The van der Waals surface area contributed by atoms with Gasteiger partial charge >= 0.3 is 0 Å². The minimum atomic E-state index is 0. The van der Waals surface area contributed by atoms with E-state index >= 15 is 0 Å². The monoisotopic (exact) mass is 518 g/mol. The standard InChI is InChI=1S/C19H30N6OS.HI/c1-4-20-19(22-13-17-12-21-18(27-17)11-15(2)3)25-8-6-24(7-9-25)14-16-5-10-26-23-16;/h5,10,12,15H,4,6-9,11,13-14H2,1-3H3,(H,20,22);1H. The first-order chi connectivity index (χ1) is 13.1. The lowest BCUT2D eigenvalue weighted by molar-refractivity contribution is 0.169. The van der Waals surface area contributed by atoms with E-state index in [4.69, 9.17) is 9.52 Å². The molecule has 0 aliphatic carbocycles. The van der Waals surface area contributed by atoms with Gasteiger partial charge in [0.25, 0.3) is 0 Å². The molecule has 9 heteroatoms. The van der Waals surface area contributed by atoms with Crippen molar-refractivity contribution in [3.05, 3.63) is 34.1 Å². The maximum Gasteiger partial charge on any atom is 0.194 e. The maximum atomic E-state index is 4.92. The molecule has 0 aromatic carbocycles. The van der Waals surface area contributed by atoms with E-state index < -0.39 is 0 Å². The van der Waals surface area contributed by atoms with Gasteiger partial charge in [0, 0.05) is 62.8 Å². The lowest BCUT2D eigenvalue weighted by atomic mass is 10.1. The smallest absolute Gasteiger partial charge is 0.194 e. The first-order valence-corrected chi connectivity index (χ1v) is 10.5. The van der Waals surface area contributed by atoms with Gasteiger partial charge in [-0.2, -0.15) is 0 Å². The van der Waals surface area contributed by atoms with Crippen molar-refractivity contribution in [1.29, 1.82) is 0 Å². The average Bonchev–Trinajstić information content (AvgIpc) is 3.31. The van der Waals surface area contributed by atoms with Crippen LogP contribution < -0.4 is 5.32 Å². The Labute approximate surface area is 188 Å². The number of hydrogen-bond donors (Lipinski definition) is 1. The van der Waals surface area contributed by atoms with Crippen molar-refractivity contribution in [3.63, 3.8) is 0 Å². The fourth-order valence-electron chi connectivity index (χ4n) is 3.11. The van der Waals surface area contributed by atoms with E-state index in [2.05, 4.69) is 46.0 Å². The van der Waals surface area contributed by atoms with Gasteiger partial charge in [-0.25, -0.2) is 9.98 Å². The lowest BCUT2D eigenvalue weighted by Gasteiger charge is -2.36. The summed E-state index contributed by atoms with van der Waals surface area (Å²) in [4.78, 5) is 15.4. The molecule has 1 aliphatic rings. The van der Waals surface area contributed by atoms with Crippen LogP contribution in [0.3, 0.4) is 0 Å². The molecule has 0 unspecified atom stereocenters. The minimum absolute atomic E-state index is 0. The van der Waals surface area contributed by atoms with Gasteiger partial charge in [0.05, 0.1) is 17.2 Å². The Hall–Kier alpha value is -1.20. The van der Waals surface area contributed by atoms with Gasteiger partial charge in [0.1, 0.15) is 6.26 Å². The van der Waals surface area contributed by atoms with Gasteiger partial charge < -0.3 is 14.7 Å². The highest BCUT2D eigenvalue weighted by Gasteiger charge is 2.20. The van der Waals surface area contributed by atoms with E-state index in [1.165, 1.54) is 9.88 Å². The predicted molar refractivity (Wildman–Crippen MR) is 124 cm³/mol. The average molecular weight is 518 g/mol. The normalized spacial score (nSPS) is 15.7. The molecular weight excluding hydrogens is 487 g/mol. The molecule has 156 valence electrons. The quantitative estimate of drug-likeness (QED) is 0.345. The van der Waals surface area contributed by atoms with E-state index in [9.17, 15) is 0 Å². The van der Waals surface area contributed by atoms with Crippen LogP contribution in [0.5, 0.6) is 0 Å². The summed E-state index contributed by atoms with van der Waals surface area (Å²) < 4.78 is 4.92. The second kappa shape index (κ2) is 11.7. The molecule has 2 aromatic rings. The van der Waals surface area contributed by atoms with Crippen molar-refractivity contribution in [2.45, 2.75) is 40.3 Å². The summed E-state index contributed by atoms with van der Waals surface area (Å²) in [5.74, 6) is 1.63. The number of nitrogens with one attached hydrogen (secondary N) is 1. The van der Waals surface area contributed by atoms with Crippen LogP contribution >= 0.6 is 35.3 Å². The zero-order valence-corrected chi connectivity index (χ0v) is 20.1. The van der Waals surface area contributed by atoms with E-state index in [0.29, 0.717) is 12.5 Å². The molecule has 7 nitrogen and oxygen atoms in total. The first kappa shape index (κ1) is 23.1. The molecular formula is C19H31IN6OS. The number of halogens is 1. The summed E-state index contributed by atoms with van der Waals surface area (Å²) >= 11 is 1.78. The second-order valence-corrected chi connectivity index (χ2v) is 8.44. The Bertz CT molecular complexity index is 710. The summed E-state index contributed by atoms with van der Waals surface area (Å²) in [5.41, 5.74) is 0.992. The molecule has 0 saturated carbocycles. The van der Waals surface area contributed by atoms with E-state index in [1.807, 2.05) is 12.3 Å². The number of aromatic nitrogens is 2. The van der Waals surface area contributed by atoms with E-state index in [1.54, 1.807) is 17.6 Å². The molecule has 2 aromatic heterocycles. The van der Waals surface area contributed by atoms with Crippen LogP contribution in [0.25, 0.3) is 0 Å². The van der Waals surface area contributed by atoms with Crippen LogP contribution in [0.2, 0.25) is 0 Å². The molecule has 0 radical (unpaired) electrons. The first-order valence-electron chi connectivity index (χ1n) is 9.72. The number of rotatable bonds is 7. The molecule has 0 spiro atoms. The fourth-order valence-corrected chi connectivity index (χ4v) is 4.17. The number of guanidine groups is 1. The third-order valence-corrected chi connectivity index (χ3v) is 5.46. The van der Waals surface area contributed by atoms with Crippen molar-refractivity contribution >= 4 is 41.3 Å². The maximum absolute atomic E-state index is 4.92. The number of aliphatic imine (C=N–C) groups is 1. The zero-order valence-electron chi connectivity index (χ0n) is 16.9. The Morgan fingerprint density at radius 1 is 1.32 bits per heavy atom. The summed E-state index contributed by atoms with van der Waals surface area (Å²) in [5, 5.41) is 8.65. The Kier molecular flexibility index (Phi) is 9.66. The highest BCUT2D eigenvalue weighted by atomic mass is 127. The van der Waals surface area contributed by atoms with Crippen LogP contribution in [0.15, 0.2) is 28.0 Å². The van der Waals surface area contributed by atoms with E-state index in [-0.39, 0.29) is 24.0 Å².